The molecule has 212 valence electrons. The first-order valence-electron chi connectivity index (χ1n) is 12.6. The van der Waals surface area contributed by atoms with Crippen LogP contribution < -0.4 is 9.47 Å². The Balaban J connectivity index is 1.89. The number of carboxylic acid groups (broad SMARTS) is 1. The van der Waals surface area contributed by atoms with Crippen LogP contribution in [0.25, 0.3) is 27.7 Å². The number of halogens is 2. The van der Waals surface area contributed by atoms with Crippen LogP contribution in [-0.2, 0) is 11.8 Å². The highest BCUT2D eigenvalue weighted by Crippen LogP contribution is 2.48. The maximum atomic E-state index is 14.9. The van der Waals surface area contributed by atoms with Crippen molar-refractivity contribution in [2.24, 2.45) is 0 Å². The Kier molecular flexibility index (Phi) is 7.39. The Hall–Kier alpha value is -4.51. The molecule has 0 saturated carbocycles. The van der Waals surface area contributed by atoms with Crippen LogP contribution in [0.4, 0.5) is 8.78 Å². The van der Waals surface area contributed by atoms with Gasteiger partial charge in [0.15, 0.2) is 11.6 Å². The SMILES string of the molecule is COc1cc(-n2c(C(C)(C)CCc3ncsn3)c(-c3ccc(C(=O)O)c(OC)c3)c3c(O)cc(F)cc32)ccc1F. The second-order valence-electron chi connectivity index (χ2n) is 10.1. The van der Waals surface area contributed by atoms with Crippen LogP contribution in [0.1, 0.15) is 42.1 Å². The lowest BCUT2D eigenvalue weighted by Gasteiger charge is -2.29. The molecular formula is C30H27F2N3O5S. The van der Waals surface area contributed by atoms with E-state index < -0.39 is 23.0 Å². The zero-order valence-electron chi connectivity index (χ0n) is 22.7. The third-order valence-electron chi connectivity index (χ3n) is 7.15. The molecule has 0 bridgehead atoms. The third-order valence-corrected chi connectivity index (χ3v) is 7.66. The summed E-state index contributed by atoms with van der Waals surface area (Å²) in [5.74, 6) is -1.89. The molecule has 2 heterocycles. The van der Waals surface area contributed by atoms with Crippen LogP contribution in [0.5, 0.6) is 17.2 Å². The number of aromatic nitrogens is 3. The maximum absolute atomic E-state index is 14.9. The number of aromatic hydroxyl groups is 1. The quantitative estimate of drug-likeness (QED) is 0.199. The summed E-state index contributed by atoms with van der Waals surface area (Å²) in [6.07, 6.45) is 1.09. The standard InChI is InChI=1S/C30H27F2N3O5S/c1-30(2,10-9-25-33-15-41-34-25)28-26(16-5-7-19(29(37)38)23(11-16)39-3)27-21(12-17(31)13-22(27)36)35(28)18-6-8-20(32)24(14-18)40-4/h5-8,11-15,36H,9-10H2,1-4H3,(H,37,38). The molecule has 5 aromatic rings. The molecule has 2 aromatic heterocycles. The van der Waals surface area contributed by atoms with E-state index in [1.165, 1.54) is 50.0 Å². The average molecular weight is 580 g/mol. The van der Waals surface area contributed by atoms with Gasteiger partial charge in [-0.05, 0) is 53.8 Å². The summed E-state index contributed by atoms with van der Waals surface area (Å²) in [4.78, 5) is 16.1. The molecule has 0 radical (unpaired) electrons. The van der Waals surface area contributed by atoms with Crippen LogP contribution >= 0.6 is 11.5 Å². The first-order valence-corrected chi connectivity index (χ1v) is 13.5. The number of benzene rings is 3. The Bertz CT molecular complexity index is 1770. The Morgan fingerprint density at radius 2 is 1.80 bits per heavy atom. The van der Waals surface area contributed by atoms with Gasteiger partial charge in [-0.1, -0.05) is 19.9 Å². The maximum Gasteiger partial charge on any atom is 0.339 e. The molecule has 0 spiro atoms. The minimum absolute atomic E-state index is 0.00515. The van der Waals surface area contributed by atoms with Crippen LogP contribution in [0, 0.1) is 11.6 Å². The van der Waals surface area contributed by atoms with Gasteiger partial charge in [0.1, 0.15) is 34.2 Å². The predicted molar refractivity (Wildman–Crippen MR) is 152 cm³/mol. The number of phenols is 1. The number of methoxy groups -OCH3 is 2. The molecule has 0 aliphatic carbocycles. The molecule has 0 amide bonds. The van der Waals surface area contributed by atoms with Crippen molar-refractivity contribution in [1.29, 1.82) is 0 Å². The lowest BCUT2D eigenvalue weighted by molar-refractivity contribution is 0.0693. The molecule has 0 fully saturated rings. The highest BCUT2D eigenvalue weighted by atomic mass is 32.1. The number of phenolic OH excluding ortho intramolecular Hbond substituents is 1. The molecule has 0 atom stereocenters. The molecule has 11 heteroatoms. The number of carboxylic acids is 1. The van der Waals surface area contributed by atoms with E-state index in [0.717, 1.165) is 6.07 Å². The number of carbonyl (C=O) groups is 1. The highest BCUT2D eigenvalue weighted by molar-refractivity contribution is 7.03. The van der Waals surface area contributed by atoms with Crippen molar-refractivity contribution in [2.45, 2.75) is 32.1 Å². The summed E-state index contributed by atoms with van der Waals surface area (Å²) in [7, 11) is 2.73. The van der Waals surface area contributed by atoms with E-state index in [1.54, 1.807) is 28.3 Å². The summed E-state index contributed by atoms with van der Waals surface area (Å²) in [6, 6.07) is 11.3. The fourth-order valence-corrected chi connectivity index (χ4v) is 5.68. The highest BCUT2D eigenvalue weighted by Gasteiger charge is 2.34. The number of ether oxygens (including phenoxy) is 2. The Morgan fingerprint density at radius 3 is 2.46 bits per heavy atom. The van der Waals surface area contributed by atoms with Crippen molar-refractivity contribution in [2.75, 3.05) is 14.2 Å². The second-order valence-corrected chi connectivity index (χ2v) is 10.8. The van der Waals surface area contributed by atoms with Gasteiger partial charge >= 0.3 is 5.97 Å². The van der Waals surface area contributed by atoms with E-state index in [4.69, 9.17) is 9.47 Å². The number of hydrogen-bond donors (Lipinski definition) is 2. The van der Waals surface area contributed by atoms with Crippen molar-refractivity contribution in [3.8, 4) is 34.1 Å². The molecule has 0 unspecified atom stereocenters. The Labute approximate surface area is 238 Å². The lowest BCUT2D eigenvalue weighted by atomic mass is 9.80. The predicted octanol–water partition coefficient (Wildman–Crippen LogP) is 6.76. The molecule has 3 aromatic carbocycles. The van der Waals surface area contributed by atoms with E-state index in [1.807, 2.05) is 13.8 Å². The van der Waals surface area contributed by atoms with Crippen molar-refractivity contribution in [3.05, 3.63) is 82.8 Å². The number of fused-ring (bicyclic) bond motifs is 1. The minimum Gasteiger partial charge on any atom is -0.507 e. The van der Waals surface area contributed by atoms with Crippen LogP contribution in [-0.4, -0.2) is 44.3 Å². The zero-order valence-corrected chi connectivity index (χ0v) is 23.6. The van der Waals surface area contributed by atoms with Gasteiger partial charge in [0, 0.05) is 40.9 Å². The number of rotatable bonds is 9. The molecule has 2 N–H and O–H groups in total. The van der Waals surface area contributed by atoms with E-state index in [0.29, 0.717) is 52.1 Å². The van der Waals surface area contributed by atoms with Gasteiger partial charge in [0.25, 0.3) is 0 Å². The average Bonchev–Trinajstić information content (AvgIpc) is 3.58. The Morgan fingerprint density at radius 1 is 1.05 bits per heavy atom. The van der Waals surface area contributed by atoms with E-state index in [9.17, 15) is 23.8 Å². The normalized spacial score (nSPS) is 11.7. The van der Waals surface area contributed by atoms with E-state index >= 15 is 0 Å². The number of hydrogen-bond acceptors (Lipinski definition) is 7. The van der Waals surface area contributed by atoms with E-state index in [-0.39, 0.29) is 22.8 Å². The number of aryl methyl sites for hydroxylation is 1. The van der Waals surface area contributed by atoms with Crippen molar-refractivity contribution >= 4 is 28.4 Å². The number of aromatic carboxylic acids is 1. The lowest BCUT2D eigenvalue weighted by Crippen LogP contribution is -2.23. The fourth-order valence-electron chi connectivity index (χ4n) is 5.21. The summed E-state index contributed by atoms with van der Waals surface area (Å²) < 4.78 is 46.1. The van der Waals surface area contributed by atoms with Gasteiger partial charge in [0.2, 0.25) is 0 Å². The summed E-state index contributed by atoms with van der Waals surface area (Å²) >= 11 is 1.25. The molecule has 0 aliphatic rings. The van der Waals surface area contributed by atoms with Gasteiger partial charge < -0.3 is 24.3 Å². The zero-order chi connectivity index (χ0) is 29.5. The first kappa shape index (κ1) is 28.0. The molecular weight excluding hydrogens is 552 g/mol. The molecule has 5 rings (SSSR count). The molecule has 41 heavy (non-hydrogen) atoms. The summed E-state index contributed by atoms with van der Waals surface area (Å²) in [6.45, 7) is 4.01. The van der Waals surface area contributed by atoms with E-state index in [2.05, 4.69) is 9.36 Å². The second kappa shape index (κ2) is 10.8. The smallest absolute Gasteiger partial charge is 0.339 e. The molecule has 0 saturated heterocycles. The topological polar surface area (TPSA) is 107 Å². The van der Waals surface area contributed by atoms with Crippen molar-refractivity contribution in [1.82, 2.24) is 13.9 Å². The molecule has 0 aliphatic heterocycles. The minimum atomic E-state index is -1.16. The largest absolute Gasteiger partial charge is 0.507 e. The number of nitrogens with zero attached hydrogens (tertiary/aromatic N) is 3. The first-order chi connectivity index (χ1) is 19.6. The van der Waals surface area contributed by atoms with Crippen molar-refractivity contribution < 1.29 is 33.3 Å². The summed E-state index contributed by atoms with van der Waals surface area (Å²) in [5.41, 5.74) is 3.54. The van der Waals surface area contributed by atoms with Crippen LogP contribution in [0.2, 0.25) is 0 Å². The van der Waals surface area contributed by atoms with Gasteiger partial charge in [-0.3, -0.25) is 0 Å². The van der Waals surface area contributed by atoms with Crippen LogP contribution in [0.15, 0.2) is 54.0 Å². The van der Waals surface area contributed by atoms with Gasteiger partial charge in [-0.15, -0.1) is 0 Å². The van der Waals surface area contributed by atoms with Gasteiger partial charge in [-0.25, -0.2) is 18.6 Å². The van der Waals surface area contributed by atoms with Crippen molar-refractivity contribution in [3.63, 3.8) is 0 Å². The van der Waals surface area contributed by atoms with Gasteiger partial charge in [0.05, 0.1) is 25.1 Å². The fraction of sp³-hybridized carbons (Fsp3) is 0.233. The monoisotopic (exact) mass is 579 g/mol. The summed E-state index contributed by atoms with van der Waals surface area (Å²) in [5, 5.41) is 21.2. The van der Waals surface area contributed by atoms with Gasteiger partial charge in [-0.2, -0.15) is 4.37 Å². The molecule has 8 nitrogen and oxygen atoms in total. The van der Waals surface area contributed by atoms with Crippen LogP contribution in [0.3, 0.4) is 0 Å². The third kappa shape index (κ3) is 5.08.